The summed E-state index contributed by atoms with van der Waals surface area (Å²) in [5.74, 6) is -0.166. The van der Waals surface area contributed by atoms with E-state index in [1.54, 1.807) is 19.1 Å². The number of rotatable bonds is 5. The SMILES string of the molecule is CC(=O)N(Cc1ccco1)c1nc(C)c(C(=O)Nc2cc(Cl)ccc2O)s1. The molecule has 0 radical (unpaired) electrons. The van der Waals surface area contributed by atoms with Crippen molar-refractivity contribution in [3.05, 3.63) is 57.9 Å². The van der Waals surface area contributed by atoms with Gasteiger partial charge in [-0.3, -0.25) is 14.5 Å². The number of hydrogen-bond acceptors (Lipinski definition) is 6. The van der Waals surface area contributed by atoms with Crippen LogP contribution in [0.5, 0.6) is 5.75 Å². The third kappa shape index (κ3) is 4.29. The Morgan fingerprint density at radius 3 is 2.81 bits per heavy atom. The van der Waals surface area contributed by atoms with Crippen molar-refractivity contribution in [2.24, 2.45) is 0 Å². The molecular weight excluding hydrogens is 390 g/mol. The van der Waals surface area contributed by atoms with Crippen LogP contribution < -0.4 is 10.2 Å². The Morgan fingerprint density at radius 1 is 1.37 bits per heavy atom. The van der Waals surface area contributed by atoms with Crippen molar-refractivity contribution in [2.45, 2.75) is 20.4 Å². The number of hydrogen-bond donors (Lipinski definition) is 2. The summed E-state index contributed by atoms with van der Waals surface area (Å²) in [4.78, 5) is 30.8. The highest BCUT2D eigenvalue weighted by molar-refractivity contribution is 7.17. The molecule has 0 aliphatic carbocycles. The van der Waals surface area contributed by atoms with Crippen LogP contribution in [0.1, 0.15) is 28.0 Å². The van der Waals surface area contributed by atoms with Gasteiger partial charge in [0.05, 0.1) is 24.2 Å². The lowest BCUT2D eigenvalue weighted by Gasteiger charge is -2.16. The lowest BCUT2D eigenvalue weighted by atomic mass is 10.3. The van der Waals surface area contributed by atoms with E-state index in [0.717, 1.165) is 11.3 Å². The van der Waals surface area contributed by atoms with E-state index >= 15 is 0 Å². The summed E-state index contributed by atoms with van der Waals surface area (Å²) in [6.07, 6.45) is 1.52. The number of nitrogens with zero attached hydrogens (tertiary/aromatic N) is 2. The van der Waals surface area contributed by atoms with E-state index in [0.29, 0.717) is 26.5 Å². The minimum Gasteiger partial charge on any atom is -0.506 e. The highest BCUT2D eigenvalue weighted by Crippen LogP contribution is 2.31. The molecular formula is C18H16ClN3O4S. The number of carbonyl (C=O) groups excluding carboxylic acids is 2. The standard InChI is InChI=1S/C18H16ClN3O4S/c1-10-16(17(25)21-14-8-12(19)5-6-15(14)24)27-18(20-10)22(11(2)23)9-13-4-3-7-26-13/h3-8,24H,9H2,1-2H3,(H,21,25). The van der Waals surface area contributed by atoms with Crippen LogP contribution in [0.15, 0.2) is 41.0 Å². The molecule has 0 saturated carbocycles. The van der Waals surface area contributed by atoms with E-state index in [1.165, 1.54) is 36.3 Å². The summed E-state index contributed by atoms with van der Waals surface area (Å²) in [7, 11) is 0. The van der Waals surface area contributed by atoms with Crippen LogP contribution in [0.3, 0.4) is 0 Å². The lowest BCUT2D eigenvalue weighted by Crippen LogP contribution is -2.27. The third-order valence-electron chi connectivity index (χ3n) is 3.70. The number of phenolic OH excluding ortho intramolecular Hbond substituents is 1. The number of phenols is 1. The van der Waals surface area contributed by atoms with Gasteiger partial charge in [0.15, 0.2) is 5.13 Å². The number of aryl methyl sites for hydroxylation is 1. The summed E-state index contributed by atoms with van der Waals surface area (Å²) in [6.45, 7) is 3.31. The number of carbonyl (C=O) groups is 2. The summed E-state index contributed by atoms with van der Waals surface area (Å²) in [5.41, 5.74) is 0.667. The fourth-order valence-electron chi connectivity index (χ4n) is 2.37. The Labute approximate surface area is 164 Å². The predicted octanol–water partition coefficient (Wildman–Crippen LogP) is 4.21. The van der Waals surface area contributed by atoms with Crippen LogP contribution in [0, 0.1) is 6.92 Å². The van der Waals surface area contributed by atoms with Gasteiger partial charge in [0, 0.05) is 11.9 Å². The average molecular weight is 406 g/mol. The topological polar surface area (TPSA) is 95.7 Å². The van der Waals surface area contributed by atoms with Crippen LogP contribution in [0.2, 0.25) is 5.02 Å². The second kappa shape index (κ2) is 7.81. The molecule has 27 heavy (non-hydrogen) atoms. The Balaban J connectivity index is 1.85. The summed E-state index contributed by atoms with van der Waals surface area (Å²) >= 11 is 6.98. The molecule has 0 unspecified atom stereocenters. The molecule has 0 atom stereocenters. The molecule has 0 aliphatic heterocycles. The number of furan rings is 1. The number of benzene rings is 1. The number of aromatic nitrogens is 1. The van der Waals surface area contributed by atoms with Gasteiger partial charge in [-0.1, -0.05) is 22.9 Å². The van der Waals surface area contributed by atoms with Crippen LogP contribution in [0.25, 0.3) is 0 Å². The number of aromatic hydroxyl groups is 1. The molecule has 0 fully saturated rings. The number of anilines is 2. The second-order valence-corrected chi connectivity index (χ2v) is 7.13. The minimum absolute atomic E-state index is 0.0988. The molecule has 7 nitrogen and oxygen atoms in total. The summed E-state index contributed by atoms with van der Waals surface area (Å²) in [6, 6.07) is 7.85. The maximum Gasteiger partial charge on any atom is 0.267 e. The maximum atomic E-state index is 12.6. The zero-order valence-electron chi connectivity index (χ0n) is 14.5. The first kappa shape index (κ1) is 18.9. The number of thiazole rings is 1. The average Bonchev–Trinajstić information content (AvgIpc) is 3.25. The van der Waals surface area contributed by atoms with E-state index in [-0.39, 0.29) is 23.9 Å². The van der Waals surface area contributed by atoms with Crippen LogP contribution in [0.4, 0.5) is 10.8 Å². The first-order valence-electron chi connectivity index (χ1n) is 7.93. The van der Waals surface area contributed by atoms with Crippen molar-refractivity contribution >= 4 is 45.6 Å². The van der Waals surface area contributed by atoms with Gasteiger partial charge in [-0.25, -0.2) is 4.98 Å². The van der Waals surface area contributed by atoms with Crippen molar-refractivity contribution in [3.63, 3.8) is 0 Å². The van der Waals surface area contributed by atoms with Gasteiger partial charge < -0.3 is 14.8 Å². The molecule has 0 saturated heterocycles. The van der Waals surface area contributed by atoms with Gasteiger partial charge in [-0.05, 0) is 37.3 Å². The van der Waals surface area contributed by atoms with Crippen molar-refractivity contribution < 1.29 is 19.1 Å². The van der Waals surface area contributed by atoms with Gasteiger partial charge in [0.25, 0.3) is 5.91 Å². The quantitative estimate of drug-likeness (QED) is 0.620. The predicted molar refractivity (Wildman–Crippen MR) is 103 cm³/mol. The van der Waals surface area contributed by atoms with Crippen molar-refractivity contribution in [1.82, 2.24) is 4.98 Å². The first-order valence-corrected chi connectivity index (χ1v) is 9.12. The molecule has 9 heteroatoms. The molecule has 2 N–H and O–H groups in total. The molecule has 2 aromatic heterocycles. The Kier molecular flexibility index (Phi) is 5.48. The smallest absolute Gasteiger partial charge is 0.267 e. The van der Waals surface area contributed by atoms with Crippen molar-refractivity contribution in [3.8, 4) is 5.75 Å². The Hall–Kier alpha value is -2.84. The van der Waals surface area contributed by atoms with Crippen molar-refractivity contribution in [1.29, 1.82) is 0 Å². The molecule has 2 heterocycles. The number of amides is 2. The lowest BCUT2D eigenvalue weighted by molar-refractivity contribution is -0.116. The molecule has 0 aliphatic rings. The van der Waals surface area contributed by atoms with E-state index < -0.39 is 5.91 Å². The fourth-order valence-corrected chi connectivity index (χ4v) is 3.55. The van der Waals surface area contributed by atoms with Gasteiger partial charge >= 0.3 is 0 Å². The van der Waals surface area contributed by atoms with E-state index in [1.807, 2.05) is 0 Å². The summed E-state index contributed by atoms with van der Waals surface area (Å²) < 4.78 is 5.29. The molecule has 0 bridgehead atoms. The first-order chi connectivity index (χ1) is 12.8. The molecule has 2 amide bonds. The van der Waals surface area contributed by atoms with E-state index in [9.17, 15) is 14.7 Å². The second-order valence-electron chi connectivity index (χ2n) is 5.71. The minimum atomic E-state index is -0.449. The number of halogens is 1. The van der Waals surface area contributed by atoms with Gasteiger partial charge in [-0.2, -0.15) is 0 Å². The fraction of sp³-hybridized carbons (Fsp3) is 0.167. The van der Waals surface area contributed by atoms with Crippen LogP contribution >= 0.6 is 22.9 Å². The van der Waals surface area contributed by atoms with Gasteiger partial charge in [0.2, 0.25) is 5.91 Å². The summed E-state index contributed by atoms with van der Waals surface area (Å²) in [5, 5.41) is 13.2. The number of nitrogens with one attached hydrogen (secondary N) is 1. The monoisotopic (exact) mass is 405 g/mol. The normalized spacial score (nSPS) is 10.6. The zero-order chi connectivity index (χ0) is 19.6. The molecule has 1 aromatic carbocycles. The van der Waals surface area contributed by atoms with Gasteiger partial charge in [-0.15, -0.1) is 0 Å². The van der Waals surface area contributed by atoms with E-state index in [4.69, 9.17) is 16.0 Å². The molecule has 3 rings (SSSR count). The van der Waals surface area contributed by atoms with Crippen molar-refractivity contribution in [2.75, 3.05) is 10.2 Å². The van der Waals surface area contributed by atoms with E-state index in [2.05, 4.69) is 10.3 Å². The Bertz CT molecular complexity index is 985. The van der Waals surface area contributed by atoms with Gasteiger partial charge in [0.1, 0.15) is 16.4 Å². The maximum absolute atomic E-state index is 12.6. The molecule has 0 spiro atoms. The highest BCUT2D eigenvalue weighted by atomic mass is 35.5. The Morgan fingerprint density at radius 2 is 2.15 bits per heavy atom. The third-order valence-corrected chi connectivity index (χ3v) is 5.12. The van der Waals surface area contributed by atoms with Crippen LogP contribution in [-0.4, -0.2) is 21.9 Å². The zero-order valence-corrected chi connectivity index (χ0v) is 16.1. The molecule has 3 aromatic rings. The molecule has 140 valence electrons. The largest absolute Gasteiger partial charge is 0.506 e. The van der Waals surface area contributed by atoms with Crippen LogP contribution in [-0.2, 0) is 11.3 Å². The highest BCUT2D eigenvalue weighted by Gasteiger charge is 2.22.